The summed E-state index contributed by atoms with van der Waals surface area (Å²) in [7, 11) is 0. The molecule has 3 heterocycles. The standard InChI is InChI=1S/C21H32N4O4/c1-14(2)19-10-18(23-29-19)21(27)22-11-17-12-25(20(26)13-28-17)16-6-8-24(9-7-16)15-4-3-5-15/h10,14-17H,3-9,11-13H2,1-2H3,(H,22,27). The van der Waals surface area contributed by atoms with Crippen molar-refractivity contribution in [2.45, 2.75) is 70.1 Å². The molecule has 1 saturated carbocycles. The van der Waals surface area contributed by atoms with E-state index in [2.05, 4.69) is 15.4 Å². The van der Waals surface area contributed by atoms with Crippen molar-refractivity contribution in [2.75, 3.05) is 32.8 Å². The predicted octanol–water partition coefficient (Wildman–Crippen LogP) is 1.77. The van der Waals surface area contributed by atoms with E-state index in [-0.39, 0.29) is 42.2 Å². The normalized spacial score (nSPS) is 24.7. The van der Waals surface area contributed by atoms with Gasteiger partial charge in [0, 0.05) is 50.2 Å². The maximum Gasteiger partial charge on any atom is 0.273 e. The highest BCUT2D eigenvalue weighted by molar-refractivity contribution is 5.92. The van der Waals surface area contributed by atoms with E-state index in [0.29, 0.717) is 18.8 Å². The molecule has 2 amide bonds. The minimum absolute atomic E-state index is 0.0627. The van der Waals surface area contributed by atoms with Gasteiger partial charge < -0.3 is 24.4 Å². The summed E-state index contributed by atoms with van der Waals surface area (Å²) in [4.78, 5) is 29.3. The SMILES string of the molecule is CC(C)c1cc(C(=O)NCC2CN(C3CCN(C4CCC4)CC3)C(=O)CO2)no1. The van der Waals surface area contributed by atoms with Crippen LogP contribution in [-0.4, -0.2) is 77.7 Å². The quantitative estimate of drug-likeness (QED) is 0.778. The summed E-state index contributed by atoms with van der Waals surface area (Å²) >= 11 is 0. The minimum atomic E-state index is -0.276. The molecule has 160 valence electrons. The van der Waals surface area contributed by atoms with Gasteiger partial charge in [-0.05, 0) is 25.7 Å². The molecule has 1 atom stereocenters. The molecule has 3 aliphatic rings. The minimum Gasteiger partial charge on any atom is -0.365 e. The third kappa shape index (κ3) is 4.64. The fourth-order valence-electron chi connectivity index (χ4n) is 4.40. The number of hydrogen-bond donors (Lipinski definition) is 1. The molecule has 0 aromatic carbocycles. The molecule has 0 radical (unpaired) electrons. The molecular formula is C21H32N4O4. The number of piperidine rings is 1. The second-order valence-electron chi connectivity index (χ2n) is 8.81. The Morgan fingerprint density at radius 2 is 2.00 bits per heavy atom. The van der Waals surface area contributed by atoms with E-state index in [1.807, 2.05) is 18.7 Å². The number of morpholine rings is 1. The summed E-state index contributed by atoms with van der Waals surface area (Å²) in [5.41, 5.74) is 0.279. The lowest BCUT2D eigenvalue weighted by molar-refractivity contribution is -0.153. The van der Waals surface area contributed by atoms with Crippen molar-refractivity contribution < 1.29 is 18.8 Å². The largest absolute Gasteiger partial charge is 0.365 e. The maximum absolute atomic E-state index is 12.4. The number of carbonyl (C=O) groups excluding carboxylic acids is 2. The van der Waals surface area contributed by atoms with E-state index in [4.69, 9.17) is 9.26 Å². The fourth-order valence-corrected chi connectivity index (χ4v) is 4.40. The van der Waals surface area contributed by atoms with E-state index < -0.39 is 0 Å². The lowest BCUT2D eigenvalue weighted by Gasteiger charge is -2.45. The zero-order valence-corrected chi connectivity index (χ0v) is 17.4. The molecule has 1 aliphatic carbocycles. The third-order valence-electron chi connectivity index (χ3n) is 6.51. The van der Waals surface area contributed by atoms with Crippen molar-refractivity contribution in [1.29, 1.82) is 0 Å². The lowest BCUT2D eigenvalue weighted by atomic mass is 9.89. The Hall–Kier alpha value is -1.93. The average molecular weight is 405 g/mol. The van der Waals surface area contributed by atoms with Gasteiger partial charge in [-0.2, -0.15) is 0 Å². The van der Waals surface area contributed by atoms with Crippen molar-refractivity contribution in [3.05, 3.63) is 17.5 Å². The Bertz CT molecular complexity index is 722. The van der Waals surface area contributed by atoms with E-state index in [1.165, 1.54) is 19.3 Å². The highest BCUT2D eigenvalue weighted by Gasteiger charge is 2.35. The lowest BCUT2D eigenvalue weighted by Crippen LogP contribution is -2.57. The van der Waals surface area contributed by atoms with E-state index in [0.717, 1.165) is 32.0 Å². The number of nitrogens with one attached hydrogen (secondary N) is 1. The monoisotopic (exact) mass is 404 g/mol. The first kappa shape index (κ1) is 20.3. The molecule has 8 heteroatoms. The van der Waals surface area contributed by atoms with E-state index >= 15 is 0 Å². The molecule has 0 spiro atoms. The van der Waals surface area contributed by atoms with Crippen molar-refractivity contribution in [2.24, 2.45) is 0 Å². The van der Waals surface area contributed by atoms with Crippen LogP contribution in [0.15, 0.2) is 10.6 Å². The number of nitrogens with zero attached hydrogens (tertiary/aromatic N) is 3. The van der Waals surface area contributed by atoms with Crippen LogP contribution < -0.4 is 5.32 Å². The zero-order valence-electron chi connectivity index (χ0n) is 17.4. The fraction of sp³-hybridized carbons (Fsp3) is 0.762. The summed E-state index contributed by atoms with van der Waals surface area (Å²) in [6, 6.07) is 2.73. The first-order chi connectivity index (χ1) is 14.0. The van der Waals surface area contributed by atoms with Crippen LogP contribution in [0.2, 0.25) is 0 Å². The molecule has 2 saturated heterocycles. The summed E-state index contributed by atoms with van der Waals surface area (Å²) in [6.45, 7) is 7.10. The molecule has 29 heavy (non-hydrogen) atoms. The predicted molar refractivity (Wildman–Crippen MR) is 107 cm³/mol. The maximum atomic E-state index is 12.4. The Morgan fingerprint density at radius 3 is 2.62 bits per heavy atom. The summed E-state index contributed by atoms with van der Waals surface area (Å²) in [5, 5.41) is 6.70. The molecule has 1 aromatic rings. The number of rotatable bonds is 6. The Labute approximate surface area is 171 Å². The number of amides is 2. The molecular weight excluding hydrogens is 372 g/mol. The van der Waals surface area contributed by atoms with Gasteiger partial charge in [-0.25, -0.2) is 0 Å². The summed E-state index contributed by atoms with van der Waals surface area (Å²) in [5.74, 6) is 0.657. The second-order valence-corrected chi connectivity index (χ2v) is 8.81. The van der Waals surface area contributed by atoms with E-state index in [9.17, 15) is 9.59 Å². The van der Waals surface area contributed by atoms with Crippen LogP contribution in [0.25, 0.3) is 0 Å². The Kier molecular flexibility index (Phi) is 6.20. The molecule has 1 unspecified atom stereocenters. The van der Waals surface area contributed by atoms with Crippen molar-refractivity contribution >= 4 is 11.8 Å². The van der Waals surface area contributed by atoms with Crippen molar-refractivity contribution in [3.63, 3.8) is 0 Å². The molecule has 2 aliphatic heterocycles. The van der Waals surface area contributed by atoms with Crippen LogP contribution in [0, 0.1) is 0 Å². The van der Waals surface area contributed by atoms with Gasteiger partial charge in [-0.1, -0.05) is 25.4 Å². The highest BCUT2D eigenvalue weighted by atomic mass is 16.5. The smallest absolute Gasteiger partial charge is 0.273 e. The molecule has 3 fully saturated rings. The Morgan fingerprint density at radius 1 is 1.24 bits per heavy atom. The van der Waals surface area contributed by atoms with Gasteiger partial charge in [-0.15, -0.1) is 0 Å². The number of carbonyl (C=O) groups is 2. The van der Waals surface area contributed by atoms with Crippen LogP contribution in [0.5, 0.6) is 0 Å². The topological polar surface area (TPSA) is 87.9 Å². The third-order valence-corrected chi connectivity index (χ3v) is 6.51. The van der Waals surface area contributed by atoms with E-state index in [1.54, 1.807) is 6.07 Å². The van der Waals surface area contributed by atoms with Crippen LogP contribution in [-0.2, 0) is 9.53 Å². The van der Waals surface area contributed by atoms with Crippen LogP contribution in [0.4, 0.5) is 0 Å². The number of likely N-dealkylation sites (tertiary alicyclic amines) is 1. The first-order valence-corrected chi connectivity index (χ1v) is 10.9. The second kappa shape index (κ2) is 8.83. The number of ether oxygens (including phenoxy) is 1. The summed E-state index contributed by atoms with van der Waals surface area (Å²) in [6.07, 6.45) is 5.86. The van der Waals surface area contributed by atoms with Crippen molar-refractivity contribution in [3.8, 4) is 0 Å². The van der Waals surface area contributed by atoms with Gasteiger partial charge in [0.2, 0.25) is 5.91 Å². The molecule has 0 bridgehead atoms. The molecule has 4 rings (SSSR count). The van der Waals surface area contributed by atoms with Gasteiger partial charge in [0.1, 0.15) is 12.4 Å². The summed E-state index contributed by atoms with van der Waals surface area (Å²) < 4.78 is 10.9. The Balaban J connectivity index is 1.26. The van der Waals surface area contributed by atoms with Gasteiger partial charge >= 0.3 is 0 Å². The first-order valence-electron chi connectivity index (χ1n) is 10.9. The molecule has 1 N–H and O–H groups in total. The van der Waals surface area contributed by atoms with Crippen LogP contribution >= 0.6 is 0 Å². The van der Waals surface area contributed by atoms with Gasteiger partial charge in [0.05, 0.1) is 6.10 Å². The van der Waals surface area contributed by atoms with Gasteiger partial charge in [0.15, 0.2) is 5.69 Å². The van der Waals surface area contributed by atoms with Crippen LogP contribution in [0.1, 0.15) is 68.1 Å². The number of hydrogen-bond acceptors (Lipinski definition) is 6. The van der Waals surface area contributed by atoms with Crippen LogP contribution in [0.3, 0.4) is 0 Å². The average Bonchev–Trinajstić information content (AvgIpc) is 3.17. The molecule has 1 aromatic heterocycles. The number of aromatic nitrogens is 1. The van der Waals surface area contributed by atoms with Crippen molar-refractivity contribution in [1.82, 2.24) is 20.3 Å². The van der Waals surface area contributed by atoms with Gasteiger partial charge in [0.25, 0.3) is 5.91 Å². The van der Waals surface area contributed by atoms with Gasteiger partial charge in [-0.3, -0.25) is 9.59 Å². The zero-order chi connectivity index (χ0) is 20.4. The molecule has 8 nitrogen and oxygen atoms in total. The highest BCUT2D eigenvalue weighted by Crippen LogP contribution is 2.29.